The second kappa shape index (κ2) is 6.81. The van der Waals surface area contributed by atoms with Crippen molar-refractivity contribution in [2.24, 2.45) is 0 Å². The number of rotatable bonds is 5. The number of nitrogen functional groups attached to an aromatic ring is 1. The summed E-state index contributed by atoms with van der Waals surface area (Å²) in [5.41, 5.74) is 9.89. The van der Waals surface area contributed by atoms with E-state index < -0.39 is 0 Å². The Balaban J connectivity index is 2.30. The number of benzene rings is 2. The second-order valence-corrected chi connectivity index (χ2v) is 5.43. The minimum absolute atomic E-state index is 0.344. The van der Waals surface area contributed by atoms with Gasteiger partial charge in [0.1, 0.15) is 0 Å². The van der Waals surface area contributed by atoms with Gasteiger partial charge in [0.2, 0.25) is 0 Å². The Kier molecular flexibility index (Phi) is 4.84. The largest absolute Gasteiger partial charge is 0.398 e. The van der Waals surface area contributed by atoms with Crippen LogP contribution in [0, 0.1) is 11.3 Å². The molecule has 0 aliphatic heterocycles. The molecule has 0 aliphatic rings. The van der Waals surface area contributed by atoms with E-state index in [2.05, 4.69) is 49.1 Å². The van der Waals surface area contributed by atoms with Crippen molar-refractivity contribution in [3.8, 4) is 6.07 Å². The molecule has 0 heterocycles. The maximum atomic E-state index is 8.90. The predicted molar refractivity (Wildman–Crippen MR) is 87.9 cm³/mol. The van der Waals surface area contributed by atoms with E-state index in [1.807, 2.05) is 24.3 Å². The normalized spacial score (nSPS) is 10.4. The van der Waals surface area contributed by atoms with Gasteiger partial charge in [0, 0.05) is 24.0 Å². The molecular weight excluding hydrogens is 258 g/mol. The lowest BCUT2D eigenvalue weighted by atomic mass is 10.1. The summed E-state index contributed by atoms with van der Waals surface area (Å²) in [4.78, 5) is 2.32. The zero-order valence-corrected chi connectivity index (χ0v) is 12.6. The summed E-state index contributed by atoms with van der Waals surface area (Å²) in [6, 6.07) is 18.9. The van der Waals surface area contributed by atoms with Gasteiger partial charge in [0.25, 0.3) is 0 Å². The summed E-state index contributed by atoms with van der Waals surface area (Å²) in [6.07, 6.45) is 0.344. The Morgan fingerprint density at radius 3 is 2.48 bits per heavy atom. The third kappa shape index (κ3) is 3.76. The molecule has 2 aromatic carbocycles. The molecule has 0 aromatic heterocycles. The minimum Gasteiger partial charge on any atom is -0.398 e. The summed E-state index contributed by atoms with van der Waals surface area (Å²) >= 11 is 0. The fourth-order valence-electron chi connectivity index (χ4n) is 2.36. The fourth-order valence-corrected chi connectivity index (χ4v) is 2.36. The van der Waals surface area contributed by atoms with Crippen LogP contribution in [-0.2, 0) is 13.0 Å². The van der Waals surface area contributed by atoms with Gasteiger partial charge < -0.3 is 10.6 Å². The predicted octanol–water partition coefficient (Wildman–Crippen LogP) is 3.75. The topological polar surface area (TPSA) is 53.0 Å². The van der Waals surface area contributed by atoms with E-state index in [9.17, 15) is 0 Å². The molecule has 0 radical (unpaired) electrons. The number of nitrogens with two attached hydrogens (primary N) is 1. The standard InChI is InChI=1S/C18H21N3/c1-14(2)21(13-15-6-4-3-5-7-15)17-8-9-18(20)16(12-17)10-11-19/h3-9,12,14H,10,13,20H2,1-2H3. The van der Waals surface area contributed by atoms with Gasteiger partial charge in [0.15, 0.2) is 0 Å². The zero-order valence-electron chi connectivity index (χ0n) is 12.6. The highest BCUT2D eigenvalue weighted by Gasteiger charge is 2.12. The highest BCUT2D eigenvalue weighted by Crippen LogP contribution is 2.25. The van der Waals surface area contributed by atoms with Gasteiger partial charge in [-0.3, -0.25) is 0 Å². The third-order valence-electron chi connectivity index (χ3n) is 3.55. The molecule has 2 N–H and O–H groups in total. The van der Waals surface area contributed by atoms with Gasteiger partial charge in [-0.1, -0.05) is 30.3 Å². The molecule has 108 valence electrons. The third-order valence-corrected chi connectivity index (χ3v) is 3.55. The van der Waals surface area contributed by atoms with Gasteiger partial charge in [-0.15, -0.1) is 0 Å². The van der Waals surface area contributed by atoms with Crippen molar-refractivity contribution in [2.45, 2.75) is 32.9 Å². The number of anilines is 2. The molecule has 0 bridgehead atoms. The first kappa shape index (κ1) is 14.9. The molecule has 0 saturated carbocycles. The first-order valence-corrected chi connectivity index (χ1v) is 7.17. The smallest absolute Gasteiger partial charge is 0.0670 e. The Bertz CT molecular complexity index is 627. The van der Waals surface area contributed by atoms with E-state index in [0.29, 0.717) is 18.2 Å². The van der Waals surface area contributed by atoms with Crippen LogP contribution in [0.4, 0.5) is 11.4 Å². The molecule has 3 nitrogen and oxygen atoms in total. The van der Waals surface area contributed by atoms with E-state index in [4.69, 9.17) is 11.0 Å². The number of nitriles is 1. The van der Waals surface area contributed by atoms with Crippen LogP contribution in [0.3, 0.4) is 0 Å². The molecule has 21 heavy (non-hydrogen) atoms. The van der Waals surface area contributed by atoms with Crippen LogP contribution in [0.1, 0.15) is 25.0 Å². The van der Waals surface area contributed by atoms with Gasteiger partial charge in [0.05, 0.1) is 12.5 Å². The van der Waals surface area contributed by atoms with Crippen molar-refractivity contribution in [2.75, 3.05) is 10.6 Å². The maximum Gasteiger partial charge on any atom is 0.0670 e. The molecule has 2 rings (SSSR count). The molecule has 0 fully saturated rings. The van der Waals surface area contributed by atoms with E-state index in [-0.39, 0.29) is 0 Å². The van der Waals surface area contributed by atoms with E-state index >= 15 is 0 Å². The summed E-state index contributed by atoms with van der Waals surface area (Å²) in [7, 11) is 0. The van der Waals surface area contributed by atoms with E-state index in [0.717, 1.165) is 17.8 Å². The summed E-state index contributed by atoms with van der Waals surface area (Å²) in [5.74, 6) is 0. The van der Waals surface area contributed by atoms with Crippen molar-refractivity contribution in [3.05, 3.63) is 59.7 Å². The quantitative estimate of drug-likeness (QED) is 0.848. The lowest BCUT2D eigenvalue weighted by molar-refractivity contribution is 0.682. The molecule has 2 aromatic rings. The SMILES string of the molecule is CC(C)N(Cc1ccccc1)c1ccc(N)c(CC#N)c1. The zero-order chi connectivity index (χ0) is 15.2. The van der Waals surface area contributed by atoms with Crippen LogP contribution in [0.2, 0.25) is 0 Å². The van der Waals surface area contributed by atoms with Crippen LogP contribution in [0.15, 0.2) is 48.5 Å². The van der Waals surface area contributed by atoms with Gasteiger partial charge in [-0.2, -0.15) is 5.26 Å². The van der Waals surface area contributed by atoms with E-state index in [1.54, 1.807) is 0 Å². The molecule has 0 unspecified atom stereocenters. The Hall–Kier alpha value is -2.47. The molecule has 0 spiro atoms. The van der Waals surface area contributed by atoms with Crippen LogP contribution < -0.4 is 10.6 Å². The molecule has 3 heteroatoms. The average Bonchev–Trinajstić information content (AvgIpc) is 2.48. The van der Waals surface area contributed by atoms with Crippen LogP contribution in [0.5, 0.6) is 0 Å². The first-order chi connectivity index (χ1) is 10.1. The van der Waals surface area contributed by atoms with Crippen molar-refractivity contribution < 1.29 is 0 Å². The van der Waals surface area contributed by atoms with Crippen molar-refractivity contribution in [3.63, 3.8) is 0 Å². The second-order valence-electron chi connectivity index (χ2n) is 5.43. The Morgan fingerprint density at radius 1 is 1.14 bits per heavy atom. The highest BCUT2D eigenvalue weighted by atomic mass is 15.1. The van der Waals surface area contributed by atoms with Crippen LogP contribution in [-0.4, -0.2) is 6.04 Å². The van der Waals surface area contributed by atoms with Gasteiger partial charge >= 0.3 is 0 Å². The summed E-state index contributed by atoms with van der Waals surface area (Å²) < 4.78 is 0. The van der Waals surface area contributed by atoms with Gasteiger partial charge in [-0.05, 0) is 43.2 Å². The molecule has 0 saturated heterocycles. The molecular formula is C18H21N3. The molecule has 0 atom stereocenters. The van der Waals surface area contributed by atoms with Crippen molar-refractivity contribution >= 4 is 11.4 Å². The monoisotopic (exact) mass is 279 g/mol. The van der Waals surface area contributed by atoms with Crippen molar-refractivity contribution in [1.82, 2.24) is 0 Å². The summed E-state index contributed by atoms with van der Waals surface area (Å²) in [5, 5.41) is 8.90. The van der Waals surface area contributed by atoms with Crippen LogP contribution >= 0.6 is 0 Å². The minimum atomic E-state index is 0.344. The maximum absolute atomic E-state index is 8.90. The highest BCUT2D eigenvalue weighted by molar-refractivity contribution is 5.59. The summed E-state index contributed by atoms with van der Waals surface area (Å²) in [6.45, 7) is 5.18. The van der Waals surface area contributed by atoms with Gasteiger partial charge in [-0.25, -0.2) is 0 Å². The first-order valence-electron chi connectivity index (χ1n) is 7.17. The lowest BCUT2D eigenvalue weighted by Crippen LogP contribution is -2.30. The Labute approximate surface area is 126 Å². The van der Waals surface area contributed by atoms with Crippen LogP contribution in [0.25, 0.3) is 0 Å². The fraction of sp³-hybridized carbons (Fsp3) is 0.278. The number of nitrogens with zero attached hydrogens (tertiary/aromatic N) is 2. The molecule has 0 aliphatic carbocycles. The number of hydrogen-bond donors (Lipinski definition) is 1. The lowest BCUT2D eigenvalue weighted by Gasteiger charge is -2.29. The molecule has 0 amide bonds. The average molecular weight is 279 g/mol. The van der Waals surface area contributed by atoms with Crippen molar-refractivity contribution in [1.29, 1.82) is 5.26 Å². The Morgan fingerprint density at radius 2 is 1.86 bits per heavy atom. The van der Waals surface area contributed by atoms with E-state index in [1.165, 1.54) is 5.56 Å². The number of hydrogen-bond acceptors (Lipinski definition) is 3.